The maximum atomic E-state index is 11.3. The Morgan fingerprint density at radius 3 is 2.41 bits per heavy atom. The average molecular weight is 281 g/mol. The summed E-state index contributed by atoms with van der Waals surface area (Å²) < 4.78 is 0. The Hall–Kier alpha value is -0.890. The summed E-state index contributed by atoms with van der Waals surface area (Å²) in [5.41, 5.74) is 0. The molecule has 0 radical (unpaired) electrons. The highest BCUT2D eigenvalue weighted by Gasteiger charge is 2.21. The lowest BCUT2D eigenvalue weighted by Crippen LogP contribution is -2.39. The Morgan fingerprint density at radius 1 is 1.29 bits per heavy atom. The molecule has 0 bridgehead atoms. The van der Waals surface area contributed by atoms with Gasteiger partial charge in [-0.3, -0.25) is 9.59 Å². The maximum Gasteiger partial charge on any atom is 0.326 e. The number of nitrogens with one attached hydrogen (secondary N) is 1. The topological polar surface area (TPSA) is 104 Å². The van der Waals surface area contributed by atoms with Gasteiger partial charge in [0.05, 0.1) is 0 Å². The first-order valence-electron chi connectivity index (χ1n) is 5.02. The van der Waals surface area contributed by atoms with Crippen molar-refractivity contribution in [2.75, 3.05) is 5.75 Å². The van der Waals surface area contributed by atoms with E-state index in [2.05, 4.69) is 5.32 Å². The van der Waals surface area contributed by atoms with E-state index < -0.39 is 23.2 Å². The molecule has 1 amide bonds. The quantitative estimate of drug-likeness (QED) is 0.460. The van der Waals surface area contributed by atoms with Gasteiger partial charge in [-0.2, -0.15) is 0 Å². The van der Waals surface area contributed by atoms with Crippen molar-refractivity contribution in [1.29, 1.82) is 0 Å². The van der Waals surface area contributed by atoms with Crippen molar-refractivity contribution in [2.24, 2.45) is 0 Å². The molecule has 0 aromatic rings. The zero-order valence-corrected chi connectivity index (χ0v) is 11.0. The lowest BCUT2D eigenvalue weighted by molar-refractivity contribution is -0.140. The van der Waals surface area contributed by atoms with Gasteiger partial charge in [0.15, 0.2) is 0 Å². The lowest BCUT2D eigenvalue weighted by Gasteiger charge is -2.12. The van der Waals surface area contributed by atoms with Crippen molar-refractivity contribution in [3.8, 4) is 0 Å². The third kappa shape index (κ3) is 8.87. The van der Waals surface area contributed by atoms with Crippen molar-refractivity contribution < 1.29 is 24.6 Å². The molecule has 3 N–H and O–H groups in total. The molecule has 0 aliphatic rings. The number of rotatable bonds is 8. The minimum Gasteiger partial charge on any atom is -0.481 e. The summed E-state index contributed by atoms with van der Waals surface area (Å²) in [4.78, 5) is 32.4. The number of carboxylic acid groups (broad SMARTS) is 2. The normalized spacial score (nSPS) is 11.8. The minimum absolute atomic E-state index is 0.116. The summed E-state index contributed by atoms with van der Waals surface area (Å²) in [7, 11) is 2.27. The van der Waals surface area contributed by atoms with Crippen molar-refractivity contribution in [3.05, 3.63) is 0 Å². The van der Waals surface area contributed by atoms with Gasteiger partial charge in [0.25, 0.3) is 5.24 Å². The third-order valence-corrected chi connectivity index (χ3v) is 3.93. The Kier molecular flexibility index (Phi) is 8.69. The van der Waals surface area contributed by atoms with Gasteiger partial charge in [-0.05, 0) is 12.8 Å². The van der Waals surface area contributed by atoms with Crippen LogP contribution in [-0.4, -0.2) is 39.2 Å². The van der Waals surface area contributed by atoms with Crippen LogP contribution < -0.4 is 5.32 Å². The largest absolute Gasteiger partial charge is 0.481 e. The average Bonchev–Trinajstić information content (AvgIpc) is 2.23. The molecule has 0 saturated carbocycles. The molecule has 0 saturated heterocycles. The maximum absolute atomic E-state index is 11.3. The summed E-state index contributed by atoms with van der Waals surface area (Å²) >= 11 is 0. The summed E-state index contributed by atoms with van der Waals surface area (Å²) in [6.45, 7) is 1.97. The molecule has 0 aliphatic heterocycles. The highest BCUT2D eigenvalue weighted by Crippen LogP contribution is 2.22. The number of carboxylic acids is 2. The molecule has 0 spiro atoms. The minimum atomic E-state index is -1.22. The van der Waals surface area contributed by atoms with Crippen LogP contribution in [0.3, 0.4) is 0 Å². The van der Waals surface area contributed by atoms with Gasteiger partial charge in [0, 0.05) is 23.0 Å². The Morgan fingerprint density at radius 2 is 1.94 bits per heavy atom. The lowest BCUT2D eigenvalue weighted by atomic mass is 10.1. The van der Waals surface area contributed by atoms with Gasteiger partial charge in [-0.25, -0.2) is 4.79 Å². The standard InChI is InChI=1S/C9H15NO5S2/c1-2-5-16-17-9(15)10-6(8(13)14)3-4-7(11)12/h6H,2-5H2,1H3,(H,10,15)(H,11,12)(H,13,14). The van der Waals surface area contributed by atoms with Crippen LogP contribution in [0.15, 0.2) is 0 Å². The van der Waals surface area contributed by atoms with Crippen molar-refractivity contribution >= 4 is 38.8 Å². The molecular weight excluding hydrogens is 266 g/mol. The van der Waals surface area contributed by atoms with Crippen LogP contribution in [-0.2, 0) is 9.59 Å². The van der Waals surface area contributed by atoms with E-state index in [1.165, 1.54) is 10.8 Å². The molecular formula is C9H15NO5S2. The molecule has 98 valence electrons. The van der Waals surface area contributed by atoms with Gasteiger partial charge < -0.3 is 15.5 Å². The second-order valence-electron chi connectivity index (χ2n) is 3.16. The summed E-state index contributed by atoms with van der Waals surface area (Å²) in [5.74, 6) is -1.51. The van der Waals surface area contributed by atoms with Crippen LogP contribution in [0.2, 0.25) is 0 Å². The first kappa shape index (κ1) is 16.1. The van der Waals surface area contributed by atoms with E-state index in [1.54, 1.807) is 0 Å². The van der Waals surface area contributed by atoms with Gasteiger partial charge in [-0.15, -0.1) is 0 Å². The molecule has 8 heteroatoms. The molecule has 0 fully saturated rings. The Bertz CT molecular complexity index is 285. The molecule has 6 nitrogen and oxygen atoms in total. The molecule has 0 heterocycles. The van der Waals surface area contributed by atoms with Crippen LogP contribution in [0.1, 0.15) is 26.2 Å². The van der Waals surface area contributed by atoms with Gasteiger partial charge in [0.2, 0.25) is 0 Å². The van der Waals surface area contributed by atoms with E-state index in [9.17, 15) is 14.4 Å². The fourth-order valence-corrected chi connectivity index (χ4v) is 2.63. The van der Waals surface area contributed by atoms with E-state index >= 15 is 0 Å². The summed E-state index contributed by atoms with van der Waals surface area (Å²) in [6, 6.07) is -1.15. The van der Waals surface area contributed by atoms with E-state index in [0.717, 1.165) is 23.0 Å². The molecule has 0 rings (SSSR count). The summed E-state index contributed by atoms with van der Waals surface area (Å²) in [5, 5.41) is 19.0. The molecule has 0 aromatic carbocycles. The smallest absolute Gasteiger partial charge is 0.326 e. The zero-order chi connectivity index (χ0) is 13.3. The highest BCUT2D eigenvalue weighted by atomic mass is 33.1. The Balaban J connectivity index is 4.02. The van der Waals surface area contributed by atoms with Crippen LogP contribution in [0, 0.1) is 0 Å². The van der Waals surface area contributed by atoms with Crippen LogP contribution in [0.4, 0.5) is 4.79 Å². The number of amides is 1. The molecule has 1 atom stereocenters. The number of hydrogen-bond acceptors (Lipinski definition) is 5. The summed E-state index contributed by atoms with van der Waals surface area (Å²) in [6.07, 6.45) is 0.520. The van der Waals surface area contributed by atoms with E-state index in [-0.39, 0.29) is 12.8 Å². The predicted octanol–water partition coefficient (Wildman–Crippen LogP) is 1.81. The zero-order valence-electron chi connectivity index (χ0n) is 9.34. The SMILES string of the molecule is CCCSSC(=O)NC(CCC(=O)O)C(=O)O. The number of aliphatic carboxylic acids is 2. The molecule has 0 aliphatic carbocycles. The first-order chi connectivity index (χ1) is 7.97. The van der Waals surface area contributed by atoms with Crippen LogP contribution >= 0.6 is 21.6 Å². The highest BCUT2D eigenvalue weighted by molar-refractivity contribution is 8.82. The fourth-order valence-electron chi connectivity index (χ4n) is 0.870. The molecule has 0 aromatic heterocycles. The van der Waals surface area contributed by atoms with E-state index in [1.807, 2.05) is 6.92 Å². The van der Waals surface area contributed by atoms with Crippen molar-refractivity contribution in [1.82, 2.24) is 5.32 Å². The monoisotopic (exact) mass is 281 g/mol. The van der Waals surface area contributed by atoms with Gasteiger partial charge in [0.1, 0.15) is 6.04 Å². The predicted molar refractivity (Wildman–Crippen MR) is 67.2 cm³/mol. The second-order valence-corrected chi connectivity index (χ2v) is 5.55. The van der Waals surface area contributed by atoms with Crippen molar-refractivity contribution in [2.45, 2.75) is 32.2 Å². The van der Waals surface area contributed by atoms with Crippen molar-refractivity contribution in [3.63, 3.8) is 0 Å². The molecule has 17 heavy (non-hydrogen) atoms. The van der Waals surface area contributed by atoms with Gasteiger partial charge in [-0.1, -0.05) is 17.7 Å². The second kappa shape index (κ2) is 9.17. The number of hydrogen-bond donors (Lipinski definition) is 3. The van der Waals surface area contributed by atoms with Gasteiger partial charge >= 0.3 is 11.9 Å². The Labute approximate surface area is 107 Å². The van der Waals surface area contributed by atoms with E-state index in [4.69, 9.17) is 10.2 Å². The number of carbonyl (C=O) groups is 3. The fraction of sp³-hybridized carbons (Fsp3) is 0.667. The number of carbonyl (C=O) groups excluding carboxylic acids is 1. The third-order valence-electron chi connectivity index (χ3n) is 1.66. The molecule has 1 unspecified atom stereocenters. The van der Waals surface area contributed by atoms with E-state index in [0.29, 0.717) is 0 Å². The van der Waals surface area contributed by atoms with Crippen LogP contribution in [0.5, 0.6) is 0 Å². The van der Waals surface area contributed by atoms with Crippen LogP contribution in [0.25, 0.3) is 0 Å². The first-order valence-corrected chi connectivity index (χ1v) is 7.33.